The Morgan fingerprint density at radius 1 is 1.12 bits per heavy atom. The summed E-state index contributed by atoms with van der Waals surface area (Å²) < 4.78 is 10.5. The average molecular weight is 337 g/mol. The number of ether oxygens (including phenoxy) is 2. The second kappa shape index (κ2) is 9.15. The molecule has 0 aliphatic carbocycles. The van der Waals surface area contributed by atoms with Gasteiger partial charge in [0.1, 0.15) is 11.5 Å². The number of carbonyl (C=O) groups excluding carboxylic acids is 1. The van der Waals surface area contributed by atoms with Crippen molar-refractivity contribution in [2.24, 2.45) is 11.8 Å². The van der Waals surface area contributed by atoms with Crippen LogP contribution in [0.5, 0.6) is 11.5 Å². The van der Waals surface area contributed by atoms with Crippen molar-refractivity contribution in [3.8, 4) is 11.5 Å². The predicted molar refractivity (Wildman–Crippen MR) is 91.3 cm³/mol. The molecule has 0 aliphatic rings. The molecule has 2 atom stereocenters. The van der Waals surface area contributed by atoms with E-state index >= 15 is 0 Å². The first-order valence-electron chi connectivity index (χ1n) is 8.01. The summed E-state index contributed by atoms with van der Waals surface area (Å²) in [6, 6.07) is 4.45. The molecule has 0 aliphatic heterocycles. The Balaban J connectivity index is 3.01. The topological polar surface area (TPSA) is 84.9 Å². The fourth-order valence-electron chi connectivity index (χ4n) is 2.30. The molecule has 1 aromatic rings. The summed E-state index contributed by atoms with van der Waals surface area (Å²) in [5, 5.41) is 12.0. The van der Waals surface area contributed by atoms with Crippen molar-refractivity contribution >= 4 is 11.9 Å². The Morgan fingerprint density at radius 3 is 2.29 bits per heavy atom. The zero-order valence-electron chi connectivity index (χ0n) is 15.0. The van der Waals surface area contributed by atoms with Gasteiger partial charge >= 0.3 is 5.97 Å². The smallest absolute Gasteiger partial charge is 0.305 e. The van der Waals surface area contributed by atoms with E-state index < -0.39 is 12.0 Å². The first-order chi connectivity index (χ1) is 11.3. The summed E-state index contributed by atoms with van der Waals surface area (Å²) in [6.45, 7) is 6.11. The van der Waals surface area contributed by atoms with Crippen LogP contribution in [0.1, 0.15) is 45.2 Å². The molecular weight excluding hydrogens is 310 g/mol. The van der Waals surface area contributed by atoms with Crippen molar-refractivity contribution in [2.45, 2.75) is 39.7 Å². The zero-order valence-corrected chi connectivity index (χ0v) is 15.0. The van der Waals surface area contributed by atoms with Crippen LogP contribution in [0.25, 0.3) is 0 Å². The maximum absolute atomic E-state index is 12.3. The maximum atomic E-state index is 12.3. The van der Waals surface area contributed by atoms with E-state index in [0.717, 1.165) is 0 Å². The van der Waals surface area contributed by atoms with Crippen LogP contribution in [0.15, 0.2) is 18.2 Å². The van der Waals surface area contributed by atoms with E-state index in [1.165, 1.54) is 14.2 Å². The van der Waals surface area contributed by atoms with Gasteiger partial charge in [-0.3, -0.25) is 9.59 Å². The molecule has 2 unspecified atom stereocenters. The molecule has 0 spiro atoms. The van der Waals surface area contributed by atoms with Gasteiger partial charge in [-0.1, -0.05) is 20.8 Å². The monoisotopic (exact) mass is 337 g/mol. The van der Waals surface area contributed by atoms with Crippen LogP contribution in [0.3, 0.4) is 0 Å². The number of rotatable bonds is 9. The molecule has 6 nitrogen and oxygen atoms in total. The summed E-state index contributed by atoms with van der Waals surface area (Å²) in [7, 11) is 3.04. The van der Waals surface area contributed by atoms with Gasteiger partial charge in [0.15, 0.2) is 0 Å². The molecule has 0 radical (unpaired) electrons. The van der Waals surface area contributed by atoms with Gasteiger partial charge in [0.05, 0.1) is 26.7 Å². The van der Waals surface area contributed by atoms with Crippen LogP contribution >= 0.6 is 0 Å². The molecule has 1 rings (SSSR count). The summed E-state index contributed by atoms with van der Waals surface area (Å²) >= 11 is 0. The third kappa shape index (κ3) is 5.76. The van der Waals surface area contributed by atoms with Crippen LogP contribution < -0.4 is 14.8 Å². The molecule has 0 saturated carbocycles. The lowest BCUT2D eigenvalue weighted by atomic mass is 9.94. The van der Waals surface area contributed by atoms with Crippen molar-refractivity contribution in [3.05, 3.63) is 23.8 Å². The zero-order chi connectivity index (χ0) is 18.3. The van der Waals surface area contributed by atoms with E-state index in [1.54, 1.807) is 18.2 Å². The van der Waals surface area contributed by atoms with E-state index in [1.807, 2.05) is 6.92 Å². The minimum atomic E-state index is -0.991. The SMILES string of the molecule is COc1ccc(C(CC(=O)O)NC(=O)CC(C)C(C)C)c(OC)c1. The summed E-state index contributed by atoms with van der Waals surface area (Å²) in [4.78, 5) is 23.5. The number of aliphatic carboxylic acids is 1. The van der Waals surface area contributed by atoms with Crippen LogP contribution in [0, 0.1) is 11.8 Å². The van der Waals surface area contributed by atoms with Crippen molar-refractivity contribution in [2.75, 3.05) is 14.2 Å². The number of carboxylic acids is 1. The largest absolute Gasteiger partial charge is 0.497 e. The maximum Gasteiger partial charge on any atom is 0.305 e. The predicted octanol–water partition coefficient (Wildman–Crippen LogP) is 3.02. The fraction of sp³-hybridized carbons (Fsp3) is 0.556. The highest BCUT2D eigenvalue weighted by Crippen LogP contribution is 2.31. The van der Waals surface area contributed by atoms with Crippen LogP contribution in [-0.4, -0.2) is 31.2 Å². The van der Waals surface area contributed by atoms with Crippen molar-refractivity contribution in [1.82, 2.24) is 5.32 Å². The molecule has 0 fully saturated rings. The van der Waals surface area contributed by atoms with Gasteiger partial charge in [0.25, 0.3) is 0 Å². The van der Waals surface area contributed by atoms with Gasteiger partial charge in [-0.2, -0.15) is 0 Å². The third-order valence-electron chi connectivity index (χ3n) is 4.18. The highest BCUT2D eigenvalue weighted by Gasteiger charge is 2.23. The molecule has 2 N–H and O–H groups in total. The van der Waals surface area contributed by atoms with Gasteiger partial charge in [0, 0.05) is 18.1 Å². The summed E-state index contributed by atoms with van der Waals surface area (Å²) in [5.74, 6) is 0.523. The van der Waals surface area contributed by atoms with E-state index in [9.17, 15) is 14.7 Å². The number of benzene rings is 1. The van der Waals surface area contributed by atoms with E-state index in [-0.39, 0.29) is 18.2 Å². The molecule has 0 heterocycles. The highest BCUT2D eigenvalue weighted by molar-refractivity contribution is 5.78. The van der Waals surface area contributed by atoms with Crippen molar-refractivity contribution in [3.63, 3.8) is 0 Å². The Hall–Kier alpha value is -2.24. The van der Waals surface area contributed by atoms with Gasteiger partial charge < -0.3 is 19.9 Å². The molecule has 1 aromatic carbocycles. The third-order valence-corrected chi connectivity index (χ3v) is 4.18. The van der Waals surface area contributed by atoms with Gasteiger partial charge in [0.2, 0.25) is 5.91 Å². The number of hydrogen-bond acceptors (Lipinski definition) is 4. The second-order valence-electron chi connectivity index (χ2n) is 6.25. The average Bonchev–Trinajstić information content (AvgIpc) is 2.52. The van der Waals surface area contributed by atoms with Crippen LogP contribution in [-0.2, 0) is 9.59 Å². The van der Waals surface area contributed by atoms with Gasteiger partial charge in [-0.05, 0) is 24.0 Å². The van der Waals surface area contributed by atoms with E-state index in [0.29, 0.717) is 29.4 Å². The lowest BCUT2D eigenvalue weighted by Crippen LogP contribution is -2.32. The number of amides is 1. The fourth-order valence-corrected chi connectivity index (χ4v) is 2.30. The Kier molecular flexibility index (Phi) is 7.55. The molecule has 0 saturated heterocycles. The first kappa shape index (κ1) is 19.8. The highest BCUT2D eigenvalue weighted by atomic mass is 16.5. The molecular formula is C18H27NO5. The van der Waals surface area contributed by atoms with E-state index in [2.05, 4.69) is 19.2 Å². The number of hydrogen-bond donors (Lipinski definition) is 2. The summed E-state index contributed by atoms with van der Waals surface area (Å²) in [6.07, 6.45) is 0.136. The quantitative estimate of drug-likeness (QED) is 0.723. The molecule has 134 valence electrons. The number of carbonyl (C=O) groups is 2. The second-order valence-corrected chi connectivity index (χ2v) is 6.25. The molecule has 1 amide bonds. The lowest BCUT2D eigenvalue weighted by Gasteiger charge is -2.22. The molecule has 6 heteroatoms. The Bertz CT molecular complexity index is 571. The minimum Gasteiger partial charge on any atom is -0.497 e. The number of methoxy groups -OCH3 is 2. The molecule has 24 heavy (non-hydrogen) atoms. The number of nitrogens with one attached hydrogen (secondary N) is 1. The van der Waals surface area contributed by atoms with Crippen molar-refractivity contribution < 1.29 is 24.2 Å². The molecule has 0 bridgehead atoms. The minimum absolute atomic E-state index is 0.166. The molecule has 0 aromatic heterocycles. The standard InChI is InChI=1S/C18H27NO5/c1-11(2)12(3)8-17(20)19-15(10-18(21)22)14-7-6-13(23-4)9-16(14)24-5/h6-7,9,11-12,15H,8,10H2,1-5H3,(H,19,20)(H,21,22). The van der Waals surface area contributed by atoms with Crippen LogP contribution in [0.2, 0.25) is 0 Å². The van der Waals surface area contributed by atoms with E-state index in [4.69, 9.17) is 9.47 Å². The normalized spacial score (nSPS) is 13.2. The summed E-state index contributed by atoms with van der Waals surface area (Å²) in [5.41, 5.74) is 0.617. The lowest BCUT2D eigenvalue weighted by molar-refractivity contribution is -0.137. The van der Waals surface area contributed by atoms with Crippen molar-refractivity contribution in [1.29, 1.82) is 0 Å². The van der Waals surface area contributed by atoms with Gasteiger partial charge in [-0.15, -0.1) is 0 Å². The number of carboxylic acid groups (broad SMARTS) is 1. The first-order valence-corrected chi connectivity index (χ1v) is 8.01. The van der Waals surface area contributed by atoms with Crippen LogP contribution in [0.4, 0.5) is 0 Å². The Labute approximate surface area is 143 Å². The Morgan fingerprint density at radius 2 is 1.79 bits per heavy atom. The van der Waals surface area contributed by atoms with Gasteiger partial charge in [-0.25, -0.2) is 0 Å².